The number of halogens is 1. The molecule has 0 unspecified atom stereocenters. The molecule has 3 aromatic rings. The summed E-state index contributed by atoms with van der Waals surface area (Å²) in [6.45, 7) is 2.36. The van der Waals surface area contributed by atoms with Crippen LogP contribution in [0.4, 0.5) is 10.1 Å². The highest BCUT2D eigenvalue weighted by Gasteiger charge is 2.26. The molecule has 1 fully saturated rings. The van der Waals surface area contributed by atoms with Crippen molar-refractivity contribution in [2.24, 2.45) is 0 Å². The van der Waals surface area contributed by atoms with E-state index in [1.165, 1.54) is 12.1 Å². The molecule has 0 saturated carbocycles. The summed E-state index contributed by atoms with van der Waals surface area (Å²) in [4.78, 5) is 28.6. The fraction of sp³-hybridized carbons (Fsp3) is 0.227. The molecule has 30 heavy (non-hydrogen) atoms. The first-order valence-electron chi connectivity index (χ1n) is 9.68. The van der Waals surface area contributed by atoms with Gasteiger partial charge in [0.25, 0.3) is 5.91 Å². The van der Waals surface area contributed by atoms with Crippen molar-refractivity contribution in [1.29, 1.82) is 0 Å². The van der Waals surface area contributed by atoms with Crippen molar-refractivity contribution in [1.82, 2.24) is 15.0 Å². The van der Waals surface area contributed by atoms with Crippen LogP contribution in [0.2, 0.25) is 0 Å². The molecule has 0 aliphatic carbocycles. The molecule has 0 bridgehead atoms. The lowest BCUT2D eigenvalue weighted by Gasteiger charge is -2.33. The molecule has 1 aliphatic heterocycles. The van der Waals surface area contributed by atoms with Crippen LogP contribution in [0, 0.1) is 5.82 Å². The molecule has 1 N–H and O–H groups in total. The van der Waals surface area contributed by atoms with Crippen LogP contribution in [0.1, 0.15) is 10.5 Å². The van der Waals surface area contributed by atoms with Gasteiger partial charge >= 0.3 is 0 Å². The Morgan fingerprint density at radius 3 is 2.43 bits per heavy atom. The molecule has 154 valence electrons. The van der Waals surface area contributed by atoms with Gasteiger partial charge in [-0.1, -0.05) is 35.5 Å². The second-order valence-corrected chi connectivity index (χ2v) is 7.04. The Labute approximate surface area is 173 Å². The van der Waals surface area contributed by atoms with Crippen LogP contribution in [-0.2, 0) is 4.79 Å². The maximum atomic E-state index is 13.9. The number of rotatable bonds is 5. The van der Waals surface area contributed by atoms with Crippen molar-refractivity contribution < 1.29 is 18.5 Å². The fourth-order valence-electron chi connectivity index (χ4n) is 3.36. The topological polar surface area (TPSA) is 78.7 Å². The number of benzene rings is 2. The van der Waals surface area contributed by atoms with Crippen molar-refractivity contribution in [3.8, 4) is 11.3 Å². The SMILES string of the molecule is O=C(CN1CCN(C(=O)c2cc(-c3ccccc3F)on2)CC1)Nc1ccccc1. The smallest absolute Gasteiger partial charge is 0.276 e. The minimum atomic E-state index is -0.435. The molecule has 0 atom stereocenters. The predicted octanol–water partition coefficient (Wildman–Crippen LogP) is 2.88. The third kappa shape index (κ3) is 4.55. The van der Waals surface area contributed by atoms with Crippen LogP contribution in [0.25, 0.3) is 11.3 Å². The van der Waals surface area contributed by atoms with Gasteiger partial charge in [-0.15, -0.1) is 0 Å². The largest absolute Gasteiger partial charge is 0.355 e. The molecular formula is C22H21FN4O3. The highest BCUT2D eigenvalue weighted by molar-refractivity contribution is 5.93. The molecule has 2 heterocycles. The van der Waals surface area contributed by atoms with Gasteiger partial charge in [0.15, 0.2) is 11.5 Å². The molecule has 7 nitrogen and oxygen atoms in total. The summed E-state index contributed by atoms with van der Waals surface area (Å²) < 4.78 is 19.1. The minimum Gasteiger partial charge on any atom is -0.355 e. The molecule has 8 heteroatoms. The number of anilines is 1. The van der Waals surface area contributed by atoms with Crippen LogP contribution in [-0.4, -0.2) is 59.5 Å². The molecule has 2 aromatic carbocycles. The molecule has 2 amide bonds. The van der Waals surface area contributed by atoms with E-state index in [1.807, 2.05) is 35.2 Å². The summed E-state index contributed by atoms with van der Waals surface area (Å²) in [6, 6.07) is 16.9. The molecule has 4 rings (SSSR count). The molecule has 1 aliphatic rings. The number of carbonyl (C=O) groups is 2. The zero-order valence-corrected chi connectivity index (χ0v) is 16.3. The number of para-hydroxylation sites is 1. The molecule has 1 saturated heterocycles. The summed E-state index contributed by atoms with van der Waals surface area (Å²) in [5, 5.41) is 6.67. The third-order valence-electron chi connectivity index (χ3n) is 4.95. The van der Waals surface area contributed by atoms with Crippen LogP contribution in [0.5, 0.6) is 0 Å². The highest BCUT2D eigenvalue weighted by Crippen LogP contribution is 2.23. The molecule has 0 radical (unpaired) electrons. The van der Waals surface area contributed by atoms with Gasteiger partial charge in [0.2, 0.25) is 5.91 Å². The summed E-state index contributed by atoms with van der Waals surface area (Å²) in [7, 11) is 0. The number of carbonyl (C=O) groups excluding carboxylic acids is 2. The van der Waals surface area contributed by atoms with E-state index in [0.29, 0.717) is 26.2 Å². The van der Waals surface area contributed by atoms with Crippen molar-refractivity contribution in [2.75, 3.05) is 38.0 Å². The molecular weight excluding hydrogens is 387 g/mol. The number of piperazine rings is 1. The fourth-order valence-corrected chi connectivity index (χ4v) is 3.36. The van der Waals surface area contributed by atoms with E-state index in [1.54, 1.807) is 23.1 Å². The predicted molar refractivity (Wildman–Crippen MR) is 109 cm³/mol. The van der Waals surface area contributed by atoms with Gasteiger partial charge in [0.05, 0.1) is 12.1 Å². The monoisotopic (exact) mass is 408 g/mol. The van der Waals surface area contributed by atoms with Crippen LogP contribution in [0.15, 0.2) is 65.2 Å². The highest BCUT2D eigenvalue weighted by atomic mass is 19.1. The van der Waals surface area contributed by atoms with E-state index in [-0.39, 0.29) is 35.4 Å². The van der Waals surface area contributed by atoms with E-state index < -0.39 is 5.82 Å². The quantitative estimate of drug-likeness (QED) is 0.702. The van der Waals surface area contributed by atoms with Crippen molar-refractivity contribution in [2.45, 2.75) is 0 Å². The Kier molecular flexibility index (Phi) is 5.85. The van der Waals surface area contributed by atoms with Gasteiger partial charge < -0.3 is 14.7 Å². The lowest BCUT2D eigenvalue weighted by Crippen LogP contribution is -2.50. The third-order valence-corrected chi connectivity index (χ3v) is 4.95. The first-order valence-corrected chi connectivity index (χ1v) is 9.68. The lowest BCUT2D eigenvalue weighted by atomic mass is 10.1. The first-order chi connectivity index (χ1) is 14.6. The van der Waals surface area contributed by atoms with Crippen molar-refractivity contribution in [3.05, 3.63) is 72.2 Å². The Hall–Kier alpha value is -3.52. The van der Waals surface area contributed by atoms with Gasteiger partial charge in [-0.05, 0) is 24.3 Å². The summed E-state index contributed by atoms with van der Waals surface area (Å²) in [6.07, 6.45) is 0. The maximum Gasteiger partial charge on any atom is 0.276 e. The van der Waals surface area contributed by atoms with Crippen LogP contribution >= 0.6 is 0 Å². The average molecular weight is 408 g/mol. The number of nitrogens with zero attached hydrogens (tertiary/aromatic N) is 3. The minimum absolute atomic E-state index is 0.0907. The molecule has 1 aromatic heterocycles. The van der Waals surface area contributed by atoms with E-state index >= 15 is 0 Å². The van der Waals surface area contributed by atoms with Crippen molar-refractivity contribution in [3.63, 3.8) is 0 Å². The zero-order chi connectivity index (χ0) is 20.9. The lowest BCUT2D eigenvalue weighted by molar-refractivity contribution is -0.117. The summed E-state index contributed by atoms with van der Waals surface area (Å²) in [5.41, 5.74) is 1.16. The van der Waals surface area contributed by atoms with Crippen LogP contribution in [0.3, 0.4) is 0 Å². The Bertz CT molecular complexity index is 1030. The summed E-state index contributed by atoms with van der Waals surface area (Å²) in [5.74, 6) is -0.579. The average Bonchev–Trinajstić information content (AvgIpc) is 3.25. The first kappa shape index (κ1) is 19.8. The zero-order valence-electron chi connectivity index (χ0n) is 16.3. The maximum absolute atomic E-state index is 13.9. The van der Waals surface area contributed by atoms with Gasteiger partial charge in [-0.25, -0.2) is 4.39 Å². The van der Waals surface area contributed by atoms with Gasteiger partial charge in [0.1, 0.15) is 5.82 Å². The summed E-state index contributed by atoms with van der Waals surface area (Å²) >= 11 is 0. The van der Waals surface area contributed by atoms with Gasteiger partial charge in [0, 0.05) is 37.9 Å². The standard InChI is InChI=1S/C22H21FN4O3/c23-18-9-5-4-8-17(18)20-14-19(25-30-20)22(29)27-12-10-26(11-13-27)15-21(28)24-16-6-2-1-3-7-16/h1-9,14H,10-13,15H2,(H,24,28). The number of hydrogen-bond acceptors (Lipinski definition) is 5. The number of nitrogens with one attached hydrogen (secondary N) is 1. The second kappa shape index (κ2) is 8.87. The van der Waals surface area contributed by atoms with E-state index in [2.05, 4.69) is 10.5 Å². The van der Waals surface area contributed by atoms with Gasteiger partial charge in [-0.2, -0.15) is 0 Å². The molecule has 0 spiro atoms. The Balaban J connectivity index is 1.30. The van der Waals surface area contributed by atoms with E-state index in [4.69, 9.17) is 4.52 Å². The van der Waals surface area contributed by atoms with Gasteiger partial charge in [-0.3, -0.25) is 14.5 Å². The number of hydrogen-bond donors (Lipinski definition) is 1. The number of amides is 2. The normalized spacial score (nSPS) is 14.5. The van der Waals surface area contributed by atoms with Crippen molar-refractivity contribution >= 4 is 17.5 Å². The second-order valence-electron chi connectivity index (χ2n) is 7.04. The number of aromatic nitrogens is 1. The van der Waals surface area contributed by atoms with E-state index in [9.17, 15) is 14.0 Å². The van der Waals surface area contributed by atoms with E-state index in [0.717, 1.165) is 5.69 Å². The Morgan fingerprint density at radius 1 is 1.00 bits per heavy atom. The Morgan fingerprint density at radius 2 is 1.70 bits per heavy atom. The van der Waals surface area contributed by atoms with Crippen LogP contribution < -0.4 is 5.32 Å².